The number of rotatable bonds is 15. The highest BCUT2D eigenvalue weighted by atomic mass is 14.7. The Bertz CT molecular complexity index is 474. The Balaban J connectivity index is 3.79. The van der Waals surface area contributed by atoms with Crippen molar-refractivity contribution in [1.29, 1.82) is 26.9 Å². The van der Waals surface area contributed by atoms with E-state index in [4.69, 9.17) is 32.6 Å². The molecule has 0 fully saturated rings. The fourth-order valence-corrected chi connectivity index (χ4v) is 2.50. The van der Waals surface area contributed by atoms with Gasteiger partial charge in [0.05, 0.1) is 5.71 Å². The zero-order valence-corrected chi connectivity index (χ0v) is 14.9. The summed E-state index contributed by atoms with van der Waals surface area (Å²) in [6.45, 7) is 2.22. The summed E-state index contributed by atoms with van der Waals surface area (Å²) in [5.74, 6) is 0. The molecule has 6 nitrogen and oxygen atoms in total. The Morgan fingerprint density at radius 1 is 0.833 bits per heavy atom. The van der Waals surface area contributed by atoms with Gasteiger partial charge in [0.2, 0.25) is 0 Å². The summed E-state index contributed by atoms with van der Waals surface area (Å²) in [5.41, 5.74) is 4.19. The molecule has 6 N–H and O–H groups in total. The molecule has 0 bridgehead atoms. The maximum atomic E-state index is 8.57. The van der Waals surface area contributed by atoms with Crippen molar-refractivity contribution in [3.63, 3.8) is 0 Å². The zero-order chi connectivity index (χ0) is 18.4. The Morgan fingerprint density at radius 3 is 1.75 bits per heavy atom. The summed E-state index contributed by atoms with van der Waals surface area (Å²) < 4.78 is 0. The summed E-state index contributed by atoms with van der Waals surface area (Å²) >= 11 is 0. The van der Waals surface area contributed by atoms with Crippen LogP contribution < -0.4 is 5.73 Å². The molecule has 1 unspecified atom stereocenters. The van der Waals surface area contributed by atoms with E-state index in [0.29, 0.717) is 6.42 Å². The second-order valence-corrected chi connectivity index (χ2v) is 6.23. The molecule has 0 radical (unpaired) electrons. The lowest BCUT2D eigenvalue weighted by Gasteiger charge is -2.13. The fraction of sp³-hybridized carbons (Fsp3) is 0.722. The topological polar surface area (TPSA) is 145 Å². The van der Waals surface area contributed by atoms with E-state index in [1.165, 1.54) is 57.4 Å². The van der Waals surface area contributed by atoms with Crippen LogP contribution in [0.3, 0.4) is 0 Å². The van der Waals surface area contributed by atoms with E-state index in [9.17, 15) is 0 Å². The Kier molecular flexibility index (Phi) is 12.5. The van der Waals surface area contributed by atoms with Crippen LogP contribution in [0, 0.1) is 33.0 Å². The van der Waals surface area contributed by atoms with Gasteiger partial charge in [-0.2, -0.15) is 5.26 Å². The van der Waals surface area contributed by atoms with E-state index in [1.54, 1.807) is 0 Å². The average molecular weight is 332 g/mol. The molecule has 0 aliphatic rings. The third kappa shape index (κ3) is 9.31. The number of hydrogen-bond donors (Lipinski definition) is 5. The first-order chi connectivity index (χ1) is 11.5. The van der Waals surface area contributed by atoms with Crippen LogP contribution in [0.15, 0.2) is 0 Å². The minimum atomic E-state index is -0.601. The monoisotopic (exact) mass is 332 g/mol. The molecule has 0 rings (SSSR count). The predicted octanol–water partition coefficient (Wildman–Crippen LogP) is 4.23. The Morgan fingerprint density at radius 2 is 1.29 bits per heavy atom. The molecule has 0 aliphatic carbocycles. The van der Waals surface area contributed by atoms with Crippen molar-refractivity contribution in [3.05, 3.63) is 0 Å². The van der Waals surface area contributed by atoms with Gasteiger partial charge in [-0.3, -0.25) is 16.2 Å². The van der Waals surface area contributed by atoms with Gasteiger partial charge < -0.3 is 11.1 Å². The van der Waals surface area contributed by atoms with E-state index in [0.717, 1.165) is 12.8 Å². The number of nitriles is 1. The SMILES string of the molecule is CCCCCCCCCCCCC(N)C(=N)C(=N)C(=N)C(=N)C#N. The maximum absolute atomic E-state index is 8.57. The van der Waals surface area contributed by atoms with Gasteiger partial charge in [-0.25, -0.2) is 0 Å². The zero-order valence-electron chi connectivity index (χ0n) is 14.9. The van der Waals surface area contributed by atoms with E-state index < -0.39 is 23.2 Å². The van der Waals surface area contributed by atoms with Crippen molar-refractivity contribution in [2.75, 3.05) is 0 Å². The van der Waals surface area contributed by atoms with Gasteiger partial charge in [0.1, 0.15) is 17.5 Å². The highest BCUT2D eigenvalue weighted by molar-refractivity contribution is 6.82. The van der Waals surface area contributed by atoms with Crippen LogP contribution >= 0.6 is 0 Å². The molecule has 0 saturated heterocycles. The molecule has 6 heteroatoms. The lowest BCUT2D eigenvalue weighted by Crippen LogP contribution is -2.40. The normalized spacial score (nSPS) is 11.5. The summed E-state index contributed by atoms with van der Waals surface area (Å²) in [6.07, 6.45) is 12.9. The molecule has 0 spiro atoms. The second-order valence-electron chi connectivity index (χ2n) is 6.23. The van der Waals surface area contributed by atoms with Gasteiger partial charge in [0.15, 0.2) is 5.71 Å². The molecule has 0 aromatic carbocycles. The molecule has 134 valence electrons. The number of unbranched alkanes of at least 4 members (excludes halogenated alkanes) is 9. The summed E-state index contributed by atoms with van der Waals surface area (Å²) in [5, 5.41) is 38.8. The first kappa shape index (κ1) is 22.1. The summed E-state index contributed by atoms with van der Waals surface area (Å²) in [7, 11) is 0. The van der Waals surface area contributed by atoms with Gasteiger partial charge in [-0.1, -0.05) is 71.1 Å². The Labute approximate surface area is 145 Å². The minimum absolute atomic E-state index is 0.157. The number of hydrogen-bond acceptors (Lipinski definition) is 6. The smallest absolute Gasteiger partial charge is 0.159 e. The van der Waals surface area contributed by atoms with Crippen molar-refractivity contribution in [2.45, 2.75) is 83.6 Å². The van der Waals surface area contributed by atoms with E-state index in [-0.39, 0.29) is 5.71 Å². The summed E-state index contributed by atoms with van der Waals surface area (Å²) in [6, 6.07) is 0.909. The Hall–Kier alpha value is -1.87. The quantitative estimate of drug-likeness (QED) is 0.226. The van der Waals surface area contributed by atoms with Crippen molar-refractivity contribution < 1.29 is 0 Å². The lowest BCUT2D eigenvalue weighted by molar-refractivity contribution is 0.545. The highest BCUT2D eigenvalue weighted by Crippen LogP contribution is 2.12. The van der Waals surface area contributed by atoms with Crippen LogP contribution in [0.2, 0.25) is 0 Å². The standard InChI is InChI=1S/C18H32N6/c1-2-3-4-5-6-7-8-9-10-11-12-14(20)16(22)18(24)17(23)15(21)13-19/h14,21-24H,2-12,20H2,1H3. The molecule has 0 aliphatic heterocycles. The number of nitrogens with zero attached hydrogens (tertiary/aromatic N) is 1. The van der Waals surface area contributed by atoms with E-state index in [2.05, 4.69) is 6.92 Å². The van der Waals surface area contributed by atoms with Crippen LogP contribution in [0.4, 0.5) is 0 Å². The fourth-order valence-electron chi connectivity index (χ4n) is 2.50. The van der Waals surface area contributed by atoms with Crippen molar-refractivity contribution in [1.82, 2.24) is 0 Å². The third-order valence-corrected chi connectivity index (χ3v) is 4.12. The van der Waals surface area contributed by atoms with Crippen LogP contribution in [0.1, 0.15) is 77.6 Å². The van der Waals surface area contributed by atoms with Crippen LogP contribution in [0.5, 0.6) is 0 Å². The van der Waals surface area contributed by atoms with Gasteiger partial charge in [0.25, 0.3) is 0 Å². The molecular weight excluding hydrogens is 300 g/mol. The number of nitrogens with two attached hydrogens (primary N) is 1. The second kappa shape index (κ2) is 13.6. The molecule has 0 saturated carbocycles. The maximum Gasteiger partial charge on any atom is 0.159 e. The van der Waals surface area contributed by atoms with Crippen LogP contribution in [-0.4, -0.2) is 28.9 Å². The third-order valence-electron chi connectivity index (χ3n) is 4.12. The van der Waals surface area contributed by atoms with Crippen LogP contribution in [0.25, 0.3) is 0 Å². The van der Waals surface area contributed by atoms with Gasteiger partial charge >= 0.3 is 0 Å². The predicted molar refractivity (Wildman–Crippen MR) is 101 cm³/mol. The molecule has 0 aromatic rings. The van der Waals surface area contributed by atoms with Crippen molar-refractivity contribution in [2.24, 2.45) is 5.73 Å². The molecule has 1 atom stereocenters. The average Bonchev–Trinajstić information content (AvgIpc) is 2.60. The molecule has 24 heavy (non-hydrogen) atoms. The molecule has 0 amide bonds. The van der Waals surface area contributed by atoms with Gasteiger partial charge in [-0.15, -0.1) is 0 Å². The van der Waals surface area contributed by atoms with Gasteiger partial charge in [0, 0.05) is 6.04 Å². The molecule has 0 heterocycles. The van der Waals surface area contributed by atoms with E-state index >= 15 is 0 Å². The van der Waals surface area contributed by atoms with Gasteiger partial charge in [-0.05, 0) is 6.42 Å². The van der Waals surface area contributed by atoms with Crippen LogP contribution in [-0.2, 0) is 0 Å². The van der Waals surface area contributed by atoms with Crippen molar-refractivity contribution in [3.8, 4) is 6.07 Å². The number of nitrogens with one attached hydrogen (secondary N) is 4. The first-order valence-corrected chi connectivity index (χ1v) is 8.96. The first-order valence-electron chi connectivity index (χ1n) is 8.96. The van der Waals surface area contributed by atoms with Crippen molar-refractivity contribution >= 4 is 22.8 Å². The van der Waals surface area contributed by atoms with E-state index in [1.807, 2.05) is 0 Å². The molecular formula is C18H32N6. The highest BCUT2D eigenvalue weighted by Gasteiger charge is 2.20. The minimum Gasteiger partial charge on any atom is -0.323 e. The summed E-state index contributed by atoms with van der Waals surface area (Å²) in [4.78, 5) is 0. The lowest BCUT2D eigenvalue weighted by atomic mass is 9.97. The molecule has 0 aromatic heterocycles. The largest absolute Gasteiger partial charge is 0.323 e.